The minimum Gasteiger partial charge on any atom is -0.275 e. The van der Waals surface area contributed by atoms with E-state index in [4.69, 9.17) is 0 Å². The Bertz CT molecular complexity index is 598. The van der Waals surface area contributed by atoms with E-state index in [2.05, 4.69) is 93.2 Å². The van der Waals surface area contributed by atoms with Crippen molar-refractivity contribution in [3.63, 3.8) is 0 Å². The predicted octanol–water partition coefficient (Wildman–Crippen LogP) is 5.18. The molecular formula is C22H30NP. The van der Waals surface area contributed by atoms with E-state index >= 15 is 0 Å². The number of benzene rings is 2. The second kappa shape index (κ2) is 7.38. The Morgan fingerprint density at radius 1 is 0.875 bits per heavy atom. The van der Waals surface area contributed by atoms with Crippen LogP contribution in [0.25, 0.3) is 0 Å². The van der Waals surface area contributed by atoms with Crippen molar-refractivity contribution in [3.8, 4) is 0 Å². The Balaban J connectivity index is 1.93. The van der Waals surface area contributed by atoms with Gasteiger partial charge in [0.2, 0.25) is 0 Å². The summed E-state index contributed by atoms with van der Waals surface area (Å²) in [6.07, 6.45) is 3.97. The topological polar surface area (TPSA) is 3.24 Å². The van der Waals surface area contributed by atoms with E-state index in [1.54, 1.807) is 0 Å². The number of hydrogen-bond acceptors (Lipinski definition) is 1. The number of hydrogen-bond donors (Lipinski definition) is 0. The molecule has 1 nitrogen and oxygen atoms in total. The molecule has 0 saturated heterocycles. The summed E-state index contributed by atoms with van der Waals surface area (Å²) in [6.45, 7) is 7.31. The van der Waals surface area contributed by atoms with E-state index in [-0.39, 0.29) is 0 Å². The minimum atomic E-state index is -0.462. The van der Waals surface area contributed by atoms with Gasteiger partial charge in [0.1, 0.15) is 0 Å². The van der Waals surface area contributed by atoms with Gasteiger partial charge in [0.25, 0.3) is 0 Å². The summed E-state index contributed by atoms with van der Waals surface area (Å²) in [5, 5.41) is 2.91. The van der Waals surface area contributed by atoms with Gasteiger partial charge in [-0.25, -0.2) is 0 Å². The van der Waals surface area contributed by atoms with E-state index in [1.807, 2.05) is 0 Å². The van der Waals surface area contributed by atoms with E-state index in [1.165, 1.54) is 29.9 Å². The van der Waals surface area contributed by atoms with E-state index < -0.39 is 8.07 Å². The molecule has 1 aliphatic carbocycles. The monoisotopic (exact) mass is 339 g/mol. The van der Waals surface area contributed by atoms with Crippen LogP contribution in [0, 0.1) is 11.3 Å². The fourth-order valence-corrected chi connectivity index (χ4v) is 6.83. The Morgan fingerprint density at radius 2 is 1.38 bits per heavy atom. The zero-order valence-corrected chi connectivity index (χ0v) is 16.3. The zero-order valence-electron chi connectivity index (χ0n) is 15.4. The molecule has 2 aromatic carbocycles. The molecule has 3 rings (SSSR count). The fraction of sp³-hybridized carbons (Fsp3) is 0.455. The van der Waals surface area contributed by atoms with Crippen LogP contribution in [-0.2, 0) is 0 Å². The molecule has 1 fully saturated rings. The van der Waals surface area contributed by atoms with Crippen molar-refractivity contribution in [1.29, 1.82) is 0 Å². The molecule has 1 saturated carbocycles. The summed E-state index contributed by atoms with van der Waals surface area (Å²) in [4.78, 5) is 0. The molecule has 0 bridgehead atoms. The molecule has 2 aromatic rings. The maximum Gasteiger partial charge on any atom is 0.0281 e. The van der Waals surface area contributed by atoms with Crippen LogP contribution in [0.5, 0.6) is 0 Å². The van der Waals surface area contributed by atoms with Crippen molar-refractivity contribution in [2.75, 3.05) is 7.05 Å². The zero-order chi connectivity index (χ0) is 17.2. The largest absolute Gasteiger partial charge is 0.275 e. The maximum atomic E-state index is 2.69. The van der Waals surface area contributed by atoms with Gasteiger partial charge in [-0.3, -0.25) is 4.67 Å². The maximum absolute atomic E-state index is 2.69. The lowest BCUT2D eigenvalue weighted by atomic mass is 9.71. The molecule has 2 atom stereocenters. The van der Waals surface area contributed by atoms with Gasteiger partial charge >= 0.3 is 0 Å². The molecule has 2 unspecified atom stereocenters. The van der Waals surface area contributed by atoms with Crippen LogP contribution in [0.2, 0.25) is 0 Å². The minimum absolute atomic E-state index is 0.449. The average molecular weight is 339 g/mol. The molecule has 0 aromatic heterocycles. The van der Waals surface area contributed by atoms with Crippen LogP contribution in [0.4, 0.5) is 0 Å². The van der Waals surface area contributed by atoms with Gasteiger partial charge in [0.05, 0.1) is 0 Å². The van der Waals surface area contributed by atoms with Crippen molar-refractivity contribution in [3.05, 3.63) is 60.7 Å². The van der Waals surface area contributed by atoms with Crippen LogP contribution in [0.1, 0.15) is 40.0 Å². The summed E-state index contributed by atoms with van der Waals surface area (Å²) < 4.78 is 2.69. The van der Waals surface area contributed by atoms with E-state index in [0.29, 0.717) is 11.5 Å². The third-order valence-corrected chi connectivity index (χ3v) is 7.74. The van der Waals surface area contributed by atoms with Crippen LogP contribution in [0.15, 0.2) is 60.7 Å². The Hall–Kier alpha value is -1.17. The molecule has 2 heteroatoms. The van der Waals surface area contributed by atoms with Gasteiger partial charge in [0.15, 0.2) is 0 Å². The molecule has 0 amide bonds. The highest BCUT2D eigenvalue weighted by atomic mass is 31.1. The van der Waals surface area contributed by atoms with Gasteiger partial charge < -0.3 is 0 Å². The second-order valence-corrected chi connectivity index (χ2v) is 10.4. The Morgan fingerprint density at radius 3 is 1.83 bits per heavy atom. The quantitative estimate of drug-likeness (QED) is 0.694. The Kier molecular flexibility index (Phi) is 5.42. The normalized spacial score (nSPS) is 23.6. The average Bonchev–Trinajstić information content (AvgIpc) is 2.55. The van der Waals surface area contributed by atoms with Crippen molar-refractivity contribution in [1.82, 2.24) is 4.67 Å². The highest BCUT2D eigenvalue weighted by Gasteiger charge is 2.36. The summed E-state index contributed by atoms with van der Waals surface area (Å²) in [5.41, 5.74) is 0.449. The first-order valence-electron chi connectivity index (χ1n) is 9.09. The molecule has 0 heterocycles. The lowest BCUT2D eigenvalue weighted by Crippen LogP contribution is -2.41. The highest BCUT2D eigenvalue weighted by molar-refractivity contribution is 7.70. The van der Waals surface area contributed by atoms with E-state index in [9.17, 15) is 0 Å². The molecule has 0 radical (unpaired) electrons. The molecular weight excluding hydrogens is 309 g/mol. The van der Waals surface area contributed by atoms with Gasteiger partial charge in [0, 0.05) is 14.1 Å². The number of rotatable bonds is 4. The summed E-state index contributed by atoms with van der Waals surface area (Å²) in [5.74, 6) is 0.810. The molecule has 24 heavy (non-hydrogen) atoms. The molecule has 0 N–H and O–H groups in total. The van der Waals surface area contributed by atoms with Crippen LogP contribution >= 0.6 is 8.07 Å². The Labute approximate surface area is 148 Å². The lowest BCUT2D eigenvalue weighted by molar-refractivity contribution is 0.124. The first kappa shape index (κ1) is 17.6. The molecule has 0 spiro atoms. The lowest BCUT2D eigenvalue weighted by Gasteiger charge is -2.45. The van der Waals surface area contributed by atoms with Crippen molar-refractivity contribution >= 4 is 18.7 Å². The smallest absolute Gasteiger partial charge is 0.0281 e. The van der Waals surface area contributed by atoms with Crippen LogP contribution in [0.3, 0.4) is 0 Å². The van der Waals surface area contributed by atoms with Gasteiger partial charge in [-0.05, 0) is 48.3 Å². The van der Waals surface area contributed by atoms with Crippen molar-refractivity contribution < 1.29 is 0 Å². The van der Waals surface area contributed by atoms with Crippen LogP contribution < -0.4 is 10.6 Å². The summed E-state index contributed by atoms with van der Waals surface area (Å²) in [7, 11) is 1.89. The first-order chi connectivity index (χ1) is 11.5. The summed E-state index contributed by atoms with van der Waals surface area (Å²) in [6, 6.07) is 22.8. The van der Waals surface area contributed by atoms with Crippen molar-refractivity contribution in [2.24, 2.45) is 11.3 Å². The molecule has 1 aliphatic rings. The standard InChI is InChI=1S/C22H30NP/c1-18-15-19(17-22(2,3)16-18)23(4)24(20-11-7-5-8-12-20)21-13-9-6-10-14-21/h5-14,18-19H,15-17H2,1-4H3. The van der Waals surface area contributed by atoms with Crippen LogP contribution in [-0.4, -0.2) is 17.8 Å². The highest BCUT2D eigenvalue weighted by Crippen LogP contribution is 2.47. The van der Waals surface area contributed by atoms with Gasteiger partial charge in [-0.2, -0.15) is 0 Å². The van der Waals surface area contributed by atoms with E-state index in [0.717, 1.165) is 5.92 Å². The third-order valence-electron chi connectivity index (χ3n) is 5.21. The predicted molar refractivity (Wildman–Crippen MR) is 107 cm³/mol. The van der Waals surface area contributed by atoms with Gasteiger partial charge in [-0.1, -0.05) is 81.4 Å². The van der Waals surface area contributed by atoms with Gasteiger partial charge in [-0.15, -0.1) is 0 Å². The summed E-state index contributed by atoms with van der Waals surface area (Å²) >= 11 is 0. The fourth-order valence-electron chi connectivity index (χ4n) is 4.40. The SMILES string of the molecule is CC1CC(N(C)P(c2ccccc2)c2ccccc2)CC(C)(C)C1. The number of nitrogens with zero attached hydrogens (tertiary/aromatic N) is 1. The molecule has 0 aliphatic heterocycles. The molecule has 128 valence electrons. The van der Waals surface area contributed by atoms with Crippen molar-refractivity contribution in [2.45, 2.75) is 46.1 Å². The first-order valence-corrected chi connectivity index (χ1v) is 10.4. The second-order valence-electron chi connectivity index (χ2n) is 8.12. The third kappa shape index (κ3) is 4.08.